The number of anilines is 1. The maximum absolute atomic E-state index is 13.9. The summed E-state index contributed by atoms with van der Waals surface area (Å²) in [6.07, 6.45) is 0.717. The molecule has 164 valence electrons. The summed E-state index contributed by atoms with van der Waals surface area (Å²) in [5.74, 6) is 0.427. The van der Waals surface area contributed by atoms with Crippen LogP contribution in [-0.4, -0.2) is 17.7 Å². The molecule has 0 spiro atoms. The molecule has 0 aliphatic carbocycles. The van der Waals surface area contributed by atoms with Crippen molar-refractivity contribution in [3.05, 3.63) is 114 Å². The highest BCUT2D eigenvalue weighted by Crippen LogP contribution is 2.32. The predicted molar refractivity (Wildman–Crippen MR) is 137 cm³/mol. The molecule has 1 atom stereocenters. The van der Waals surface area contributed by atoms with E-state index in [0.29, 0.717) is 12.5 Å². The standard InChI is InChI=1S/C30H28N2O/c1-21(2)18-27-30(33)32(20-22-10-4-3-5-11-22)28-15-9-8-14-26(28)29(31-27)25-17-16-23-12-6-7-13-24(23)19-25/h3-17,19,21,27H,18,20H2,1-2H3/t27-/m1/s1. The average Bonchev–Trinajstić information content (AvgIpc) is 2.95. The fraction of sp³-hybridized carbons (Fsp3) is 0.200. The summed E-state index contributed by atoms with van der Waals surface area (Å²) in [6, 6.07) is 32.8. The second kappa shape index (κ2) is 9.03. The highest BCUT2D eigenvalue weighted by molar-refractivity contribution is 6.20. The van der Waals surface area contributed by atoms with Gasteiger partial charge in [0.05, 0.1) is 17.9 Å². The number of nitrogens with zero attached hydrogens (tertiary/aromatic N) is 2. The zero-order valence-electron chi connectivity index (χ0n) is 19.1. The van der Waals surface area contributed by atoms with Crippen molar-refractivity contribution >= 4 is 28.1 Å². The summed E-state index contributed by atoms with van der Waals surface area (Å²) in [4.78, 5) is 20.9. The van der Waals surface area contributed by atoms with E-state index in [-0.39, 0.29) is 5.91 Å². The SMILES string of the molecule is CC(C)C[C@H]1N=C(c2ccc3ccccc3c2)c2ccccc2N(Cc2ccccc2)C1=O. The molecule has 33 heavy (non-hydrogen) atoms. The van der Waals surface area contributed by atoms with Gasteiger partial charge in [0.1, 0.15) is 6.04 Å². The van der Waals surface area contributed by atoms with Gasteiger partial charge in [-0.05, 0) is 40.8 Å². The Bertz CT molecular complexity index is 1320. The lowest BCUT2D eigenvalue weighted by molar-refractivity contribution is -0.120. The number of fused-ring (bicyclic) bond motifs is 2. The monoisotopic (exact) mass is 432 g/mol. The Morgan fingerprint density at radius 1 is 0.818 bits per heavy atom. The Morgan fingerprint density at radius 2 is 1.52 bits per heavy atom. The molecule has 0 aromatic heterocycles. The number of amides is 1. The molecule has 1 aliphatic rings. The minimum atomic E-state index is -0.414. The third-order valence-electron chi connectivity index (χ3n) is 6.19. The number of benzene rings is 4. The van der Waals surface area contributed by atoms with Crippen molar-refractivity contribution in [2.24, 2.45) is 10.9 Å². The number of benzodiazepines with no additional fused rings is 1. The van der Waals surface area contributed by atoms with Gasteiger partial charge >= 0.3 is 0 Å². The molecular formula is C30H28N2O. The van der Waals surface area contributed by atoms with Crippen LogP contribution in [0, 0.1) is 5.92 Å². The van der Waals surface area contributed by atoms with E-state index in [1.54, 1.807) is 0 Å². The summed E-state index contributed by atoms with van der Waals surface area (Å²) in [5, 5.41) is 2.37. The molecule has 3 heteroatoms. The maximum Gasteiger partial charge on any atom is 0.252 e. The molecule has 4 aromatic carbocycles. The van der Waals surface area contributed by atoms with Gasteiger partial charge in [-0.3, -0.25) is 9.79 Å². The summed E-state index contributed by atoms with van der Waals surface area (Å²) < 4.78 is 0. The van der Waals surface area contributed by atoms with Crippen molar-refractivity contribution in [3.8, 4) is 0 Å². The molecule has 3 nitrogen and oxygen atoms in total. The average molecular weight is 433 g/mol. The van der Waals surface area contributed by atoms with Gasteiger partial charge in [-0.25, -0.2) is 0 Å². The van der Waals surface area contributed by atoms with Gasteiger partial charge in [-0.1, -0.05) is 98.8 Å². The quantitative estimate of drug-likeness (QED) is 0.348. The zero-order valence-corrected chi connectivity index (χ0v) is 19.1. The zero-order chi connectivity index (χ0) is 22.8. The van der Waals surface area contributed by atoms with Crippen molar-refractivity contribution in [1.82, 2.24) is 0 Å². The van der Waals surface area contributed by atoms with Gasteiger partial charge in [0, 0.05) is 11.1 Å². The molecule has 0 saturated carbocycles. The number of aliphatic imine (C=N–C) groups is 1. The largest absolute Gasteiger partial charge is 0.305 e. The first-order valence-electron chi connectivity index (χ1n) is 11.6. The van der Waals surface area contributed by atoms with Crippen molar-refractivity contribution in [2.45, 2.75) is 32.9 Å². The number of hydrogen-bond donors (Lipinski definition) is 0. The van der Waals surface area contributed by atoms with Crippen LogP contribution in [-0.2, 0) is 11.3 Å². The van der Waals surface area contributed by atoms with E-state index in [2.05, 4.69) is 74.5 Å². The molecule has 5 rings (SSSR count). The van der Waals surface area contributed by atoms with E-state index >= 15 is 0 Å². The molecule has 0 radical (unpaired) electrons. The Morgan fingerprint density at radius 3 is 2.30 bits per heavy atom. The minimum Gasteiger partial charge on any atom is -0.305 e. The van der Waals surface area contributed by atoms with Crippen LogP contribution in [0.1, 0.15) is 37.0 Å². The summed E-state index contributed by atoms with van der Waals surface area (Å²) in [5.41, 5.74) is 4.97. The van der Waals surface area contributed by atoms with Gasteiger partial charge in [-0.2, -0.15) is 0 Å². The Balaban J connectivity index is 1.67. The van der Waals surface area contributed by atoms with Crippen LogP contribution in [0.2, 0.25) is 0 Å². The molecule has 1 heterocycles. The molecule has 1 aliphatic heterocycles. The lowest BCUT2D eigenvalue weighted by Crippen LogP contribution is -2.38. The smallest absolute Gasteiger partial charge is 0.252 e. The first-order chi connectivity index (χ1) is 16.1. The molecule has 1 amide bonds. The van der Waals surface area contributed by atoms with Gasteiger partial charge in [0.25, 0.3) is 5.91 Å². The van der Waals surface area contributed by atoms with E-state index < -0.39 is 6.04 Å². The Kier molecular flexibility index (Phi) is 5.78. The first kappa shape index (κ1) is 21.1. The van der Waals surface area contributed by atoms with Gasteiger partial charge in [0.15, 0.2) is 0 Å². The second-order valence-corrected chi connectivity index (χ2v) is 9.11. The lowest BCUT2D eigenvalue weighted by atomic mass is 9.97. The number of carbonyl (C=O) groups excluding carboxylic acids is 1. The highest BCUT2D eigenvalue weighted by Gasteiger charge is 2.32. The van der Waals surface area contributed by atoms with Gasteiger partial charge in [-0.15, -0.1) is 0 Å². The molecule has 0 unspecified atom stereocenters. The molecular weight excluding hydrogens is 404 g/mol. The minimum absolute atomic E-state index is 0.0655. The van der Waals surface area contributed by atoms with Crippen LogP contribution in [0.3, 0.4) is 0 Å². The Labute approximate surface area is 195 Å². The van der Waals surface area contributed by atoms with E-state index in [4.69, 9.17) is 4.99 Å². The lowest BCUT2D eigenvalue weighted by Gasteiger charge is -2.26. The normalized spacial score (nSPS) is 16.0. The van der Waals surface area contributed by atoms with Crippen LogP contribution in [0.5, 0.6) is 0 Å². The Hall–Kier alpha value is -3.72. The fourth-order valence-corrected chi connectivity index (χ4v) is 4.58. The first-order valence-corrected chi connectivity index (χ1v) is 11.6. The van der Waals surface area contributed by atoms with Gasteiger partial charge in [0.2, 0.25) is 0 Å². The van der Waals surface area contributed by atoms with E-state index in [1.165, 1.54) is 10.8 Å². The fourth-order valence-electron chi connectivity index (χ4n) is 4.58. The maximum atomic E-state index is 13.9. The van der Waals surface area contributed by atoms with Crippen molar-refractivity contribution in [2.75, 3.05) is 4.90 Å². The highest BCUT2D eigenvalue weighted by atomic mass is 16.2. The van der Waals surface area contributed by atoms with Crippen LogP contribution < -0.4 is 4.90 Å². The number of hydrogen-bond acceptors (Lipinski definition) is 2. The molecule has 4 aromatic rings. The van der Waals surface area contributed by atoms with Crippen LogP contribution >= 0.6 is 0 Å². The van der Waals surface area contributed by atoms with Crippen molar-refractivity contribution in [1.29, 1.82) is 0 Å². The van der Waals surface area contributed by atoms with Crippen LogP contribution in [0.4, 0.5) is 5.69 Å². The topological polar surface area (TPSA) is 32.7 Å². The number of carbonyl (C=O) groups is 1. The molecule has 0 N–H and O–H groups in total. The van der Waals surface area contributed by atoms with Gasteiger partial charge < -0.3 is 4.90 Å². The van der Waals surface area contributed by atoms with Crippen LogP contribution in [0.25, 0.3) is 10.8 Å². The van der Waals surface area contributed by atoms with Crippen molar-refractivity contribution in [3.63, 3.8) is 0 Å². The third-order valence-corrected chi connectivity index (χ3v) is 6.19. The third kappa shape index (κ3) is 4.31. The summed E-state index contributed by atoms with van der Waals surface area (Å²) >= 11 is 0. The number of para-hydroxylation sites is 1. The van der Waals surface area contributed by atoms with E-state index in [0.717, 1.165) is 34.5 Å². The van der Waals surface area contributed by atoms with E-state index in [9.17, 15) is 4.79 Å². The van der Waals surface area contributed by atoms with Crippen LogP contribution in [0.15, 0.2) is 102 Å². The molecule has 0 saturated heterocycles. The molecule has 0 bridgehead atoms. The number of rotatable bonds is 5. The van der Waals surface area contributed by atoms with Crippen molar-refractivity contribution < 1.29 is 4.79 Å². The predicted octanol–water partition coefficient (Wildman–Crippen LogP) is 6.64. The second-order valence-electron chi connectivity index (χ2n) is 9.11. The molecule has 0 fully saturated rings. The summed E-state index contributed by atoms with van der Waals surface area (Å²) in [6.45, 7) is 4.84. The van der Waals surface area contributed by atoms with E-state index in [1.807, 2.05) is 41.3 Å². The summed E-state index contributed by atoms with van der Waals surface area (Å²) in [7, 11) is 0.